The summed E-state index contributed by atoms with van der Waals surface area (Å²) in [5, 5.41) is 3.22. The Morgan fingerprint density at radius 1 is 1.44 bits per heavy atom. The molecule has 0 amide bonds. The highest BCUT2D eigenvalue weighted by molar-refractivity contribution is 5.25. The molecule has 0 atom stereocenters. The van der Waals surface area contributed by atoms with E-state index in [9.17, 15) is 0 Å². The summed E-state index contributed by atoms with van der Waals surface area (Å²) >= 11 is 0. The zero-order valence-corrected chi connectivity index (χ0v) is 11.0. The third-order valence-electron chi connectivity index (χ3n) is 2.13. The van der Waals surface area contributed by atoms with Crippen LogP contribution in [-0.2, 0) is 6.54 Å². The number of hydrogen-bond donors (Lipinski definition) is 1. The molecule has 16 heavy (non-hydrogen) atoms. The van der Waals surface area contributed by atoms with Gasteiger partial charge < -0.3 is 14.6 Å². The van der Waals surface area contributed by atoms with Crippen LogP contribution in [0.3, 0.4) is 0 Å². The number of rotatable bonds is 5. The van der Waals surface area contributed by atoms with Gasteiger partial charge in [-0.1, -0.05) is 27.7 Å². The number of aromatic nitrogens is 1. The maximum atomic E-state index is 5.44. The Labute approximate surface area is 98.0 Å². The van der Waals surface area contributed by atoms with Crippen LogP contribution in [0.15, 0.2) is 10.7 Å². The van der Waals surface area contributed by atoms with Gasteiger partial charge in [-0.15, -0.1) is 0 Å². The van der Waals surface area contributed by atoms with Gasteiger partial charge in [-0.3, -0.25) is 0 Å². The van der Waals surface area contributed by atoms with Gasteiger partial charge in [0.05, 0.1) is 5.69 Å². The summed E-state index contributed by atoms with van der Waals surface area (Å²) in [6.45, 7) is 11.3. The van der Waals surface area contributed by atoms with Crippen molar-refractivity contribution in [3.63, 3.8) is 0 Å². The van der Waals surface area contributed by atoms with Crippen LogP contribution in [0.5, 0.6) is 0 Å². The highest BCUT2D eigenvalue weighted by Gasteiger charge is 2.17. The molecule has 0 bridgehead atoms. The molecule has 1 aromatic rings. The highest BCUT2D eigenvalue weighted by Crippen LogP contribution is 2.19. The lowest BCUT2D eigenvalue weighted by atomic mass is 9.96. The summed E-state index contributed by atoms with van der Waals surface area (Å²) in [6, 6.07) is 0.697. The van der Waals surface area contributed by atoms with Crippen molar-refractivity contribution in [2.75, 3.05) is 25.0 Å². The maximum absolute atomic E-state index is 5.44. The van der Waals surface area contributed by atoms with Crippen molar-refractivity contribution < 1.29 is 4.42 Å². The molecule has 1 rings (SSSR count). The molecule has 0 spiro atoms. The first-order valence-electron chi connectivity index (χ1n) is 5.78. The predicted molar refractivity (Wildman–Crippen MR) is 66.6 cm³/mol. The van der Waals surface area contributed by atoms with Crippen molar-refractivity contribution in [2.24, 2.45) is 5.41 Å². The average molecular weight is 225 g/mol. The van der Waals surface area contributed by atoms with E-state index in [2.05, 4.69) is 42.9 Å². The maximum Gasteiger partial charge on any atom is 0.297 e. The Bertz CT molecular complexity index is 314. The molecular formula is C12H23N3O. The quantitative estimate of drug-likeness (QED) is 0.834. The van der Waals surface area contributed by atoms with Crippen LogP contribution in [0.1, 0.15) is 33.4 Å². The van der Waals surface area contributed by atoms with Gasteiger partial charge in [0.25, 0.3) is 6.01 Å². The smallest absolute Gasteiger partial charge is 0.297 e. The van der Waals surface area contributed by atoms with E-state index in [0.29, 0.717) is 6.01 Å². The SMILES string of the molecule is CCNCc1coc(N(C)CC(C)(C)C)n1. The zero-order valence-electron chi connectivity index (χ0n) is 11.0. The predicted octanol–water partition coefficient (Wildman–Crippen LogP) is 2.27. The van der Waals surface area contributed by atoms with Gasteiger partial charge in [-0.25, -0.2) is 0 Å². The summed E-state index contributed by atoms with van der Waals surface area (Å²) < 4.78 is 5.44. The zero-order chi connectivity index (χ0) is 12.2. The monoisotopic (exact) mass is 225 g/mol. The molecule has 0 aliphatic rings. The minimum atomic E-state index is 0.241. The molecule has 4 heteroatoms. The molecular weight excluding hydrogens is 202 g/mol. The largest absolute Gasteiger partial charge is 0.432 e. The fourth-order valence-corrected chi connectivity index (χ4v) is 1.59. The summed E-state index contributed by atoms with van der Waals surface area (Å²) in [6.07, 6.45) is 1.72. The lowest BCUT2D eigenvalue weighted by molar-refractivity contribution is 0.403. The third kappa shape index (κ3) is 4.23. The number of oxazole rings is 1. The number of nitrogens with one attached hydrogen (secondary N) is 1. The molecule has 1 aromatic heterocycles. The molecule has 1 N–H and O–H groups in total. The Balaban J connectivity index is 2.56. The van der Waals surface area contributed by atoms with Crippen molar-refractivity contribution >= 4 is 6.01 Å². The molecule has 0 saturated heterocycles. The third-order valence-corrected chi connectivity index (χ3v) is 2.13. The minimum Gasteiger partial charge on any atom is -0.432 e. The Morgan fingerprint density at radius 3 is 2.69 bits per heavy atom. The first-order chi connectivity index (χ1) is 7.42. The fourth-order valence-electron chi connectivity index (χ4n) is 1.59. The lowest BCUT2D eigenvalue weighted by Crippen LogP contribution is -2.29. The Morgan fingerprint density at radius 2 is 2.12 bits per heavy atom. The van der Waals surface area contributed by atoms with Crippen LogP contribution in [0.25, 0.3) is 0 Å². The molecule has 1 heterocycles. The molecule has 0 radical (unpaired) electrons. The van der Waals surface area contributed by atoms with Crippen LogP contribution >= 0.6 is 0 Å². The average Bonchev–Trinajstić information content (AvgIpc) is 2.60. The van der Waals surface area contributed by atoms with Crippen LogP contribution in [-0.4, -0.2) is 25.1 Å². The van der Waals surface area contributed by atoms with E-state index >= 15 is 0 Å². The van der Waals surface area contributed by atoms with Crippen LogP contribution in [0.2, 0.25) is 0 Å². The van der Waals surface area contributed by atoms with Crippen molar-refractivity contribution in [2.45, 2.75) is 34.2 Å². The fraction of sp³-hybridized carbons (Fsp3) is 0.750. The number of nitrogens with zero attached hydrogens (tertiary/aromatic N) is 2. The Hall–Kier alpha value is -1.03. The van der Waals surface area contributed by atoms with E-state index in [1.54, 1.807) is 6.26 Å². The lowest BCUT2D eigenvalue weighted by Gasteiger charge is -2.25. The second kappa shape index (κ2) is 5.34. The number of anilines is 1. The van der Waals surface area contributed by atoms with Gasteiger partial charge in [0, 0.05) is 20.1 Å². The molecule has 0 unspecified atom stereocenters. The van der Waals surface area contributed by atoms with Gasteiger partial charge in [-0.05, 0) is 12.0 Å². The van der Waals surface area contributed by atoms with E-state index in [-0.39, 0.29) is 5.41 Å². The summed E-state index contributed by atoms with van der Waals surface area (Å²) in [5.41, 5.74) is 1.20. The highest BCUT2D eigenvalue weighted by atomic mass is 16.4. The first kappa shape index (κ1) is 13.0. The summed E-state index contributed by atoms with van der Waals surface area (Å²) in [5.74, 6) is 0. The molecule has 0 aliphatic carbocycles. The van der Waals surface area contributed by atoms with E-state index in [1.165, 1.54) is 0 Å². The second-order valence-corrected chi connectivity index (χ2v) is 5.32. The van der Waals surface area contributed by atoms with Gasteiger partial charge in [0.1, 0.15) is 6.26 Å². The summed E-state index contributed by atoms with van der Waals surface area (Å²) in [7, 11) is 2.01. The summed E-state index contributed by atoms with van der Waals surface area (Å²) in [4.78, 5) is 6.48. The standard InChI is InChI=1S/C12H23N3O/c1-6-13-7-10-8-16-11(14-10)15(5)9-12(2,3)4/h8,13H,6-7,9H2,1-5H3. The molecule has 92 valence electrons. The van der Waals surface area contributed by atoms with Crippen LogP contribution in [0, 0.1) is 5.41 Å². The van der Waals surface area contributed by atoms with Crippen LogP contribution < -0.4 is 10.2 Å². The van der Waals surface area contributed by atoms with E-state index < -0.39 is 0 Å². The second-order valence-electron chi connectivity index (χ2n) is 5.32. The first-order valence-corrected chi connectivity index (χ1v) is 5.78. The van der Waals surface area contributed by atoms with Crippen molar-refractivity contribution in [1.29, 1.82) is 0 Å². The van der Waals surface area contributed by atoms with E-state index in [4.69, 9.17) is 4.42 Å². The van der Waals surface area contributed by atoms with Crippen LogP contribution in [0.4, 0.5) is 6.01 Å². The molecule has 0 saturated carbocycles. The molecule has 0 aliphatic heterocycles. The molecule has 0 fully saturated rings. The molecule has 4 nitrogen and oxygen atoms in total. The van der Waals surface area contributed by atoms with Gasteiger partial charge in [0.15, 0.2) is 0 Å². The minimum absolute atomic E-state index is 0.241. The van der Waals surface area contributed by atoms with Gasteiger partial charge in [-0.2, -0.15) is 4.98 Å². The number of hydrogen-bond acceptors (Lipinski definition) is 4. The van der Waals surface area contributed by atoms with Crippen molar-refractivity contribution in [1.82, 2.24) is 10.3 Å². The topological polar surface area (TPSA) is 41.3 Å². The van der Waals surface area contributed by atoms with Gasteiger partial charge >= 0.3 is 0 Å². The van der Waals surface area contributed by atoms with E-state index in [0.717, 1.165) is 25.3 Å². The van der Waals surface area contributed by atoms with E-state index in [1.807, 2.05) is 7.05 Å². The normalized spacial score (nSPS) is 11.8. The molecule has 0 aromatic carbocycles. The van der Waals surface area contributed by atoms with Crippen molar-refractivity contribution in [3.8, 4) is 0 Å². The Kier molecular flexibility index (Phi) is 4.35. The van der Waals surface area contributed by atoms with Gasteiger partial charge in [0.2, 0.25) is 0 Å². The van der Waals surface area contributed by atoms with Crippen molar-refractivity contribution in [3.05, 3.63) is 12.0 Å².